The number of hydrogen-bond donors (Lipinski definition) is 0. The van der Waals surface area contributed by atoms with E-state index in [1.165, 1.54) is 18.6 Å². The molecule has 0 spiro atoms. The van der Waals surface area contributed by atoms with Crippen molar-refractivity contribution in [3.63, 3.8) is 0 Å². The number of nitrogens with zero attached hydrogens (tertiary/aromatic N) is 2. The van der Waals surface area contributed by atoms with Gasteiger partial charge in [-0.05, 0) is 50.1 Å². The normalized spacial score (nSPS) is 11.0. The molecule has 0 amide bonds. The van der Waals surface area contributed by atoms with Gasteiger partial charge in [0.25, 0.3) is 0 Å². The van der Waals surface area contributed by atoms with Gasteiger partial charge in [-0.2, -0.15) is 0 Å². The maximum Gasteiger partial charge on any atom is 0.338 e. The molecule has 0 bridgehead atoms. The second-order valence-electron chi connectivity index (χ2n) is 6.49. The summed E-state index contributed by atoms with van der Waals surface area (Å²) in [5.74, 6) is 1.34. The minimum Gasteiger partial charge on any atom is -0.490 e. The van der Waals surface area contributed by atoms with E-state index in [0.717, 1.165) is 11.1 Å². The second kappa shape index (κ2) is 9.05. The SMILES string of the molecule is CCOc1cc(/C=C/c2onc(C)c2[N+](=O)[O-])ccc1OCc1cccc(C)c1. The molecule has 7 nitrogen and oxygen atoms in total. The molecule has 0 saturated heterocycles. The molecule has 0 unspecified atom stereocenters. The summed E-state index contributed by atoms with van der Waals surface area (Å²) in [5, 5.41) is 14.8. The van der Waals surface area contributed by atoms with E-state index in [4.69, 9.17) is 14.0 Å². The predicted molar refractivity (Wildman–Crippen MR) is 110 cm³/mol. The van der Waals surface area contributed by atoms with E-state index in [1.54, 1.807) is 6.08 Å². The summed E-state index contributed by atoms with van der Waals surface area (Å²) in [4.78, 5) is 10.6. The van der Waals surface area contributed by atoms with Crippen LogP contribution in [-0.2, 0) is 6.61 Å². The smallest absolute Gasteiger partial charge is 0.338 e. The van der Waals surface area contributed by atoms with Crippen molar-refractivity contribution < 1.29 is 18.9 Å². The van der Waals surface area contributed by atoms with E-state index in [1.807, 2.05) is 50.2 Å². The Morgan fingerprint density at radius 3 is 2.66 bits per heavy atom. The van der Waals surface area contributed by atoms with Gasteiger partial charge in [-0.1, -0.05) is 47.1 Å². The number of benzene rings is 2. The van der Waals surface area contributed by atoms with Crippen molar-refractivity contribution in [3.8, 4) is 11.5 Å². The standard InChI is InChI=1S/C22H22N2O5/c1-4-27-21-13-17(9-11-20-22(24(25)26)16(3)23-29-20)8-10-19(21)28-14-18-7-5-6-15(2)12-18/h5-13H,4,14H2,1-3H3/b11-9+. The average Bonchev–Trinajstić information content (AvgIpc) is 3.06. The van der Waals surface area contributed by atoms with E-state index in [-0.39, 0.29) is 17.1 Å². The molecular weight excluding hydrogens is 372 g/mol. The van der Waals surface area contributed by atoms with Crippen LogP contribution in [0.1, 0.15) is 35.1 Å². The van der Waals surface area contributed by atoms with Crippen LogP contribution in [0.3, 0.4) is 0 Å². The van der Waals surface area contributed by atoms with Crippen LogP contribution in [0, 0.1) is 24.0 Å². The lowest BCUT2D eigenvalue weighted by atomic mass is 10.1. The minimum atomic E-state index is -0.501. The third-order valence-corrected chi connectivity index (χ3v) is 4.21. The zero-order valence-electron chi connectivity index (χ0n) is 16.5. The summed E-state index contributed by atoms with van der Waals surface area (Å²) in [6.45, 7) is 6.39. The van der Waals surface area contributed by atoms with Crippen LogP contribution >= 0.6 is 0 Å². The predicted octanol–water partition coefficient (Wildman–Crippen LogP) is 5.35. The Labute approximate surface area is 168 Å². The van der Waals surface area contributed by atoms with Gasteiger partial charge < -0.3 is 14.0 Å². The van der Waals surface area contributed by atoms with E-state index in [9.17, 15) is 10.1 Å². The lowest BCUT2D eigenvalue weighted by molar-refractivity contribution is -0.386. The Hall–Kier alpha value is -3.61. The van der Waals surface area contributed by atoms with Gasteiger partial charge in [-0.3, -0.25) is 10.1 Å². The van der Waals surface area contributed by atoms with Crippen LogP contribution in [0.15, 0.2) is 47.0 Å². The largest absolute Gasteiger partial charge is 0.490 e. The van der Waals surface area contributed by atoms with Crippen LogP contribution in [0.25, 0.3) is 12.2 Å². The molecule has 0 atom stereocenters. The van der Waals surface area contributed by atoms with Crippen LogP contribution in [0.5, 0.6) is 11.5 Å². The Balaban J connectivity index is 1.79. The van der Waals surface area contributed by atoms with Gasteiger partial charge in [0, 0.05) is 0 Å². The Morgan fingerprint density at radius 1 is 1.10 bits per heavy atom. The minimum absolute atomic E-state index is 0.102. The second-order valence-corrected chi connectivity index (χ2v) is 6.49. The lowest BCUT2D eigenvalue weighted by Crippen LogP contribution is -2.00. The summed E-state index contributed by atoms with van der Waals surface area (Å²) < 4.78 is 16.7. The fraction of sp³-hybridized carbons (Fsp3) is 0.227. The molecule has 1 aromatic heterocycles. The van der Waals surface area contributed by atoms with Gasteiger partial charge in [0.1, 0.15) is 6.61 Å². The third-order valence-electron chi connectivity index (χ3n) is 4.21. The maximum absolute atomic E-state index is 11.1. The summed E-state index contributed by atoms with van der Waals surface area (Å²) >= 11 is 0. The molecule has 0 N–H and O–H groups in total. The fourth-order valence-corrected chi connectivity index (χ4v) is 2.86. The van der Waals surface area contributed by atoms with E-state index in [2.05, 4.69) is 11.2 Å². The highest BCUT2D eigenvalue weighted by molar-refractivity contribution is 5.72. The van der Waals surface area contributed by atoms with E-state index in [0.29, 0.717) is 24.7 Å². The van der Waals surface area contributed by atoms with Gasteiger partial charge in [0.05, 0.1) is 11.5 Å². The zero-order valence-corrected chi connectivity index (χ0v) is 16.5. The van der Waals surface area contributed by atoms with E-state index < -0.39 is 4.92 Å². The number of rotatable bonds is 8. The van der Waals surface area contributed by atoms with Gasteiger partial charge in [0.15, 0.2) is 17.2 Å². The molecule has 150 valence electrons. The monoisotopic (exact) mass is 394 g/mol. The highest BCUT2D eigenvalue weighted by atomic mass is 16.6. The number of aromatic nitrogens is 1. The summed E-state index contributed by atoms with van der Waals surface area (Å²) in [7, 11) is 0. The molecule has 0 radical (unpaired) electrons. The molecule has 2 aromatic carbocycles. The average molecular weight is 394 g/mol. The Bertz CT molecular complexity index is 1040. The maximum atomic E-state index is 11.1. The first-order chi connectivity index (χ1) is 14.0. The van der Waals surface area contributed by atoms with Crippen molar-refractivity contribution in [2.45, 2.75) is 27.4 Å². The third kappa shape index (κ3) is 5.01. The van der Waals surface area contributed by atoms with Crippen molar-refractivity contribution in [1.82, 2.24) is 5.16 Å². The molecule has 0 aliphatic heterocycles. The molecule has 1 heterocycles. The summed E-state index contributed by atoms with van der Waals surface area (Å²) in [6.07, 6.45) is 3.23. The number of nitro groups is 1. The first kappa shape index (κ1) is 20.1. The van der Waals surface area contributed by atoms with Crippen LogP contribution in [-0.4, -0.2) is 16.7 Å². The van der Waals surface area contributed by atoms with Crippen molar-refractivity contribution in [2.24, 2.45) is 0 Å². The molecule has 29 heavy (non-hydrogen) atoms. The van der Waals surface area contributed by atoms with Crippen molar-refractivity contribution >= 4 is 17.8 Å². The number of aryl methyl sites for hydroxylation is 2. The molecule has 0 fully saturated rings. The molecule has 0 aliphatic carbocycles. The molecule has 0 aliphatic rings. The van der Waals surface area contributed by atoms with E-state index >= 15 is 0 Å². The topological polar surface area (TPSA) is 87.6 Å². The van der Waals surface area contributed by atoms with Crippen molar-refractivity contribution in [1.29, 1.82) is 0 Å². The molecule has 7 heteroatoms. The lowest BCUT2D eigenvalue weighted by Gasteiger charge is -2.13. The molecule has 3 rings (SSSR count). The van der Waals surface area contributed by atoms with Gasteiger partial charge in [0.2, 0.25) is 5.76 Å². The molecule has 3 aromatic rings. The highest BCUT2D eigenvalue weighted by Crippen LogP contribution is 2.31. The highest BCUT2D eigenvalue weighted by Gasteiger charge is 2.21. The summed E-state index contributed by atoms with van der Waals surface area (Å²) in [6, 6.07) is 13.6. The first-order valence-electron chi connectivity index (χ1n) is 9.22. The number of ether oxygens (including phenoxy) is 2. The quantitative estimate of drug-likeness (QED) is 0.378. The van der Waals surface area contributed by atoms with Gasteiger partial charge in [-0.25, -0.2) is 0 Å². The van der Waals surface area contributed by atoms with Crippen molar-refractivity contribution in [3.05, 3.63) is 80.7 Å². The summed E-state index contributed by atoms with van der Waals surface area (Å²) in [5.41, 5.74) is 3.14. The van der Waals surface area contributed by atoms with Crippen LogP contribution in [0.4, 0.5) is 5.69 Å². The molecular formula is C22H22N2O5. The number of hydrogen-bond acceptors (Lipinski definition) is 6. The van der Waals surface area contributed by atoms with Crippen LogP contribution < -0.4 is 9.47 Å². The zero-order chi connectivity index (χ0) is 20.8. The molecule has 0 saturated carbocycles. The van der Waals surface area contributed by atoms with Crippen LogP contribution in [0.2, 0.25) is 0 Å². The van der Waals surface area contributed by atoms with Gasteiger partial charge >= 0.3 is 5.69 Å². The van der Waals surface area contributed by atoms with Crippen molar-refractivity contribution in [2.75, 3.05) is 6.61 Å². The van der Waals surface area contributed by atoms with Gasteiger partial charge in [-0.15, -0.1) is 0 Å². The Kier molecular flexibility index (Phi) is 6.29. The Morgan fingerprint density at radius 2 is 1.93 bits per heavy atom. The fourth-order valence-electron chi connectivity index (χ4n) is 2.86. The first-order valence-corrected chi connectivity index (χ1v) is 9.22.